The molecule has 62 valence electrons. The summed E-state index contributed by atoms with van der Waals surface area (Å²) in [5, 5.41) is 3.11. The van der Waals surface area contributed by atoms with Crippen LogP contribution in [0, 0.1) is 5.92 Å². The van der Waals surface area contributed by atoms with Crippen molar-refractivity contribution in [2.75, 3.05) is 20.3 Å². The van der Waals surface area contributed by atoms with Crippen LogP contribution in [0.1, 0.15) is 12.8 Å². The molecule has 1 rings (SSSR count). The molecule has 0 radical (unpaired) electrons. The maximum atomic E-state index is 5.25. The molecule has 1 fully saturated rings. The molecule has 0 atom stereocenters. The molecule has 0 aromatic rings. The Morgan fingerprint density at radius 3 is 2.64 bits per heavy atom. The maximum absolute atomic E-state index is 5.25. The smallest absolute Gasteiger partial charge is 0.0562 e. The van der Waals surface area contributed by atoms with Gasteiger partial charge in [0.15, 0.2) is 0 Å². The third-order valence-electron chi connectivity index (χ3n) is 2.09. The molecule has 1 heterocycles. The van der Waals surface area contributed by atoms with Gasteiger partial charge in [0.25, 0.3) is 0 Å². The van der Waals surface area contributed by atoms with Crippen LogP contribution in [0.3, 0.4) is 0 Å². The number of nitrogens with one attached hydrogen (secondary N) is 1. The number of allylic oxidation sites excluding steroid dienone is 1. The minimum Gasteiger partial charge on any atom is -0.385 e. The first-order valence-corrected chi connectivity index (χ1v) is 4.04. The Labute approximate surface area is 67.9 Å². The number of rotatable bonds is 2. The molecular formula is C9H15NO. The second-order valence-corrected chi connectivity index (χ2v) is 2.73. The molecule has 1 saturated heterocycles. The summed E-state index contributed by atoms with van der Waals surface area (Å²) in [5.74, 6) is 0.589. The van der Waals surface area contributed by atoms with Gasteiger partial charge in [-0.15, -0.1) is 5.73 Å². The fraction of sp³-hybridized carbons (Fsp3) is 0.667. The molecule has 2 nitrogen and oxygen atoms in total. The quantitative estimate of drug-likeness (QED) is 0.604. The molecular weight excluding hydrogens is 138 g/mol. The van der Waals surface area contributed by atoms with Crippen LogP contribution in [-0.2, 0) is 4.74 Å². The lowest BCUT2D eigenvalue weighted by atomic mass is 9.97. The molecule has 2 heteroatoms. The van der Waals surface area contributed by atoms with Crippen molar-refractivity contribution in [3.05, 3.63) is 18.0 Å². The molecule has 1 aliphatic heterocycles. The summed E-state index contributed by atoms with van der Waals surface area (Å²) < 4.78 is 5.25. The molecule has 11 heavy (non-hydrogen) atoms. The lowest BCUT2D eigenvalue weighted by molar-refractivity contribution is 0.0744. The monoisotopic (exact) mass is 153 g/mol. The van der Waals surface area contributed by atoms with Crippen molar-refractivity contribution >= 4 is 0 Å². The first kappa shape index (κ1) is 8.38. The predicted molar refractivity (Wildman–Crippen MR) is 45.3 cm³/mol. The molecule has 0 aromatic heterocycles. The van der Waals surface area contributed by atoms with Gasteiger partial charge >= 0.3 is 0 Å². The molecule has 0 amide bonds. The Kier molecular flexibility index (Phi) is 3.21. The standard InChI is InChI=1S/C9H15NO/c1-3-9(10-2)8-4-6-11-7-5-8/h8,10H,1,4-7H2,2H3. The third-order valence-corrected chi connectivity index (χ3v) is 2.09. The van der Waals surface area contributed by atoms with Gasteiger partial charge in [0.05, 0.1) is 5.70 Å². The highest BCUT2D eigenvalue weighted by Crippen LogP contribution is 2.19. The molecule has 1 N–H and O–H groups in total. The van der Waals surface area contributed by atoms with E-state index in [9.17, 15) is 0 Å². The van der Waals surface area contributed by atoms with Crippen molar-refractivity contribution in [1.29, 1.82) is 0 Å². The van der Waals surface area contributed by atoms with E-state index in [1.165, 1.54) is 0 Å². The molecule has 0 aliphatic carbocycles. The Morgan fingerprint density at radius 1 is 1.55 bits per heavy atom. The normalized spacial score (nSPS) is 19.0. The van der Waals surface area contributed by atoms with E-state index in [1.54, 1.807) is 0 Å². The van der Waals surface area contributed by atoms with E-state index in [2.05, 4.69) is 17.6 Å². The number of ether oxygens (including phenoxy) is 1. The minimum atomic E-state index is 0.589. The van der Waals surface area contributed by atoms with Gasteiger partial charge in [0.2, 0.25) is 0 Å². The molecule has 0 spiro atoms. The summed E-state index contributed by atoms with van der Waals surface area (Å²) in [5.41, 5.74) is 4.05. The van der Waals surface area contributed by atoms with Gasteiger partial charge in [-0.2, -0.15) is 0 Å². The summed E-state index contributed by atoms with van der Waals surface area (Å²) >= 11 is 0. The molecule has 0 unspecified atom stereocenters. The van der Waals surface area contributed by atoms with Crippen LogP contribution in [0.4, 0.5) is 0 Å². The zero-order valence-electron chi connectivity index (χ0n) is 7.02. The van der Waals surface area contributed by atoms with Crippen LogP contribution in [0.5, 0.6) is 0 Å². The van der Waals surface area contributed by atoms with E-state index in [1.807, 2.05) is 7.05 Å². The van der Waals surface area contributed by atoms with Gasteiger partial charge in [0.1, 0.15) is 0 Å². The SMILES string of the molecule is C=C=C(NC)C1CCOCC1. The van der Waals surface area contributed by atoms with Crippen molar-refractivity contribution in [3.8, 4) is 0 Å². The van der Waals surface area contributed by atoms with Crippen molar-refractivity contribution < 1.29 is 4.74 Å². The Morgan fingerprint density at radius 2 is 2.18 bits per heavy atom. The summed E-state index contributed by atoms with van der Waals surface area (Å²) in [6.45, 7) is 5.39. The topological polar surface area (TPSA) is 21.3 Å². The van der Waals surface area contributed by atoms with Gasteiger partial charge in [-0.1, -0.05) is 6.58 Å². The van der Waals surface area contributed by atoms with Crippen molar-refractivity contribution in [2.45, 2.75) is 12.8 Å². The lowest BCUT2D eigenvalue weighted by Gasteiger charge is -2.22. The Balaban J connectivity index is 2.50. The Hall–Kier alpha value is -0.720. The van der Waals surface area contributed by atoms with Gasteiger partial charge in [-0.25, -0.2) is 0 Å². The summed E-state index contributed by atoms with van der Waals surface area (Å²) in [6.07, 6.45) is 2.19. The lowest BCUT2D eigenvalue weighted by Crippen LogP contribution is -2.22. The van der Waals surface area contributed by atoms with Crippen LogP contribution in [-0.4, -0.2) is 20.3 Å². The van der Waals surface area contributed by atoms with Crippen LogP contribution < -0.4 is 5.32 Å². The van der Waals surface area contributed by atoms with Crippen molar-refractivity contribution in [2.24, 2.45) is 5.92 Å². The summed E-state index contributed by atoms with van der Waals surface area (Å²) in [7, 11) is 1.92. The zero-order chi connectivity index (χ0) is 8.10. The van der Waals surface area contributed by atoms with E-state index in [-0.39, 0.29) is 0 Å². The minimum absolute atomic E-state index is 0.589. The molecule has 0 saturated carbocycles. The molecule has 0 aromatic carbocycles. The van der Waals surface area contributed by atoms with E-state index >= 15 is 0 Å². The largest absolute Gasteiger partial charge is 0.385 e. The van der Waals surface area contributed by atoms with E-state index in [0.29, 0.717) is 5.92 Å². The van der Waals surface area contributed by atoms with E-state index in [4.69, 9.17) is 4.74 Å². The van der Waals surface area contributed by atoms with Gasteiger partial charge in [-0.3, -0.25) is 0 Å². The number of hydrogen-bond acceptors (Lipinski definition) is 2. The van der Waals surface area contributed by atoms with Gasteiger partial charge in [0, 0.05) is 26.2 Å². The van der Waals surface area contributed by atoms with Crippen LogP contribution in [0.15, 0.2) is 18.0 Å². The van der Waals surface area contributed by atoms with Crippen LogP contribution in [0.2, 0.25) is 0 Å². The van der Waals surface area contributed by atoms with Crippen molar-refractivity contribution in [1.82, 2.24) is 5.32 Å². The number of hydrogen-bond donors (Lipinski definition) is 1. The van der Waals surface area contributed by atoms with Crippen LogP contribution >= 0.6 is 0 Å². The highest BCUT2D eigenvalue weighted by molar-refractivity contribution is 5.01. The van der Waals surface area contributed by atoms with Gasteiger partial charge < -0.3 is 10.1 Å². The fourth-order valence-corrected chi connectivity index (χ4v) is 1.42. The second kappa shape index (κ2) is 4.22. The van der Waals surface area contributed by atoms with E-state index in [0.717, 1.165) is 31.8 Å². The highest BCUT2D eigenvalue weighted by Gasteiger charge is 2.16. The average Bonchev–Trinajstić information content (AvgIpc) is 2.09. The zero-order valence-corrected chi connectivity index (χ0v) is 7.02. The third kappa shape index (κ3) is 2.11. The highest BCUT2D eigenvalue weighted by atomic mass is 16.5. The molecule has 1 aliphatic rings. The van der Waals surface area contributed by atoms with Gasteiger partial charge in [-0.05, 0) is 12.8 Å². The Bertz CT molecular complexity index is 164. The summed E-state index contributed by atoms with van der Waals surface area (Å²) in [6, 6.07) is 0. The first-order valence-electron chi connectivity index (χ1n) is 4.04. The maximum Gasteiger partial charge on any atom is 0.0562 e. The first-order chi connectivity index (χ1) is 5.38. The predicted octanol–water partition coefficient (Wildman–Crippen LogP) is 1.30. The fourth-order valence-electron chi connectivity index (χ4n) is 1.42. The van der Waals surface area contributed by atoms with E-state index < -0.39 is 0 Å². The van der Waals surface area contributed by atoms with Crippen molar-refractivity contribution in [3.63, 3.8) is 0 Å². The summed E-state index contributed by atoms with van der Waals surface area (Å²) in [4.78, 5) is 0. The molecule has 0 bridgehead atoms. The van der Waals surface area contributed by atoms with Crippen LogP contribution in [0.25, 0.3) is 0 Å². The second-order valence-electron chi connectivity index (χ2n) is 2.73. The average molecular weight is 153 g/mol.